The summed E-state index contributed by atoms with van der Waals surface area (Å²) in [6.07, 6.45) is 4.96. The van der Waals surface area contributed by atoms with Crippen molar-refractivity contribution in [2.75, 3.05) is 17.2 Å². The van der Waals surface area contributed by atoms with E-state index >= 15 is 0 Å². The van der Waals surface area contributed by atoms with Crippen molar-refractivity contribution >= 4 is 22.1 Å². The predicted molar refractivity (Wildman–Crippen MR) is 76.7 cm³/mol. The molecule has 0 radical (unpaired) electrons. The molecular weight excluding hydrogens is 222 g/mol. The van der Waals surface area contributed by atoms with Gasteiger partial charge in [-0.25, -0.2) is 0 Å². The van der Waals surface area contributed by atoms with Crippen LogP contribution >= 0.6 is 0 Å². The SMILES string of the molecule is CC1CC(C)N(c2ccc(N)c3cnccc23)C1. The first kappa shape index (κ1) is 11.3. The lowest BCUT2D eigenvalue weighted by atomic mass is 10.1. The van der Waals surface area contributed by atoms with Crippen LogP contribution in [0.1, 0.15) is 20.3 Å². The third kappa shape index (κ3) is 1.70. The van der Waals surface area contributed by atoms with Crippen LogP contribution in [-0.2, 0) is 0 Å². The predicted octanol–water partition coefficient (Wildman–Crippen LogP) is 3.05. The minimum absolute atomic E-state index is 0.597. The first-order valence-corrected chi connectivity index (χ1v) is 6.55. The summed E-state index contributed by atoms with van der Waals surface area (Å²) in [6, 6.07) is 6.80. The maximum atomic E-state index is 6.03. The fourth-order valence-corrected chi connectivity index (χ4v) is 3.08. The number of benzene rings is 1. The van der Waals surface area contributed by atoms with Gasteiger partial charge < -0.3 is 10.6 Å². The van der Waals surface area contributed by atoms with Gasteiger partial charge in [-0.1, -0.05) is 6.92 Å². The van der Waals surface area contributed by atoms with E-state index in [2.05, 4.69) is 35.9 Å². The highest BCUT2D eigenvalue weighted by atomic mass is 15.2. The highest BCUT2D eigenvalue weighted by molar-refractivity contribution is 6.01. The van der Waals surface area contributed by atoms with Crippen molar-refractivity contribution < 1.29 is 0 Å². The Hall–Kier alpha value is -1.77. The molecule has 0 aliphatic carbocycles. The lowest BCUT2D eigenvalue weighted by Gasteiger charge is -2.25. The molecule has 2 unspecified atom stereocenters. The van der Waals surface area contributed by atoms with Gasteiger partial charge in [0.25, 0.3) is 0 Å². The molecule has 2 heterocycles. The Morgan fingerprint density at radius 1 is 1.22 bits per heavy atom. The molecule has 3 heteroatoms. The van der Waals surface area contributed by atoms with Crippen molar-refractivity contribution in [3.63, 3.8) is 0 Å². The third-order valence-corrected chi connectivity index (χ3v) is 3.92. The van der Waals surface area contributed by atoms with E-state index in [1.54, 1.807) is 0 Å². The highest BCUT2D eigenvalue weighted by Crippen LogP contribution is 2.35. The van der Waals surface area contributed by atoms with Gasteiger partial charge in [0.1, 0.15) is 0 Å². The van der Waals surface area contributed by atoms with Crippen molar-refractivity contribution in [1.29, 1.82) is 0 Å². The van der Waals surface area contributed by atoms with E-state index in [1.807, 2.05) is 18.5 Å². The average Bonchev–Trinajstić information content (AvgIpc) is 2.69. The number of nitrogen functional groups attached to an aromatic ring is 1. The van der Waals surface area contributed by atoms with Gasteiger partial charge in [0.15, 0.2) is 0 Å². The Bertz CT molecular complexity index is 579. The van der Waals surface area contributed by atoms with Gasteiger partial charge in [-0.15, -0.1) is 0 Å². The van der Waals surface area contributed by atoms with Gasteiger partial charge in [0, 0.05) is 47.1 Å². The fourth-order valence-electron chi connectivity index (χ4n) is 3.08. The van der Waals surface area contributed by atoms with Crippen molar-refractivity contribution in [3.8, 4) is 0 Å². The maximum absolute atomic E-state index is 6.03. The second-order valence-electron chi connectivity index (χ2n) is 5.44. The molecule has 1 aromatic heterocycles. The largest absolute Gasteiger partial charge is 0.398 e. The summed E-state index contributed by atoms with van der Waals surface area (Å²) >= 11 is 0. The fraction of sp³-hybridized carbons (Fsp3) is 0.400. The number of fused-ring (bicyclic) bond motifs is 1. The highest BCUT2D eigenvalue weighted by Gasteiger charge is 2.27. The van der Waals surface area contributed by atoms with Crippen LogP contribution in [0.25, 0.3) is 10.8 Å². The zero-order valence-electron chi connectivity index (χ0n) is 10.9. The van der Waals surface area contributed by atoms with Crippen molar-refractivity contribution in [2.24, 2.45) is 5.92 Å². The lowest BCUT2D eigenvalue weighted by molar-refractivity contribution is 0.625. The molecule has 0 spiro atoms. The summed E-state index contributed by atoms with van der Waals surface area (Å²) in [6.45, 7) is 5.74. The summed E-state index contributed by atoms with van der Waals surface area (Å²) in [7, 11) is 0. The van der Waals surface area contributed by atoms with E-state index in [-0.39, 0.29) is 0 Å². The summed E-state index contributed by atoms with van der Waals surface area (Å²) in [5.74, 6) is 0.759. The molecule has 0 amide bonds. The van der Waals surface area contributed by atoms with Crippen LogP contribution in [0.5, 0.6) is 0 Å². The molecule has 1 aromatic carbocycles. The first-order chi connectivity index (χ1) is 8.66. The van der Waals surface area contributed by atoms with Crippen molar-refractivity contribution in [2.45, 2.75) is 26.3 Å². The number of hydrogen-bond acceptors (Lipinski definition) is 3. The van der Waals surface area contributed by atoms with Crippen LogP contribution in [-0.4, -0.2) is 17.6 Å². The molecule has 1 aliphatic rings. The Morgan fingerprint density at radius 2 is 2.06 bits per heavy atom. The molecule has 1 fully saturated rings. The monoisotopic (exact) mass is 241 g/mol. The molecule has 1 aliphatic heterocycles. The van der Waals surface area contributed by atoms with Crippen LogP contribution in [0.2, 0.25) is 0 Å². The van der Waals surface area contributed by atoms with Gasteiger partial charge in [0.05, 0.1) is 0 Å². The second kappa shape index (κ2) is 4.16. The Kier molecular flexibility index (Phi) is 2.62. The minimum atomic E-state index is 0.597. The second-order valence-corrected chi connectivity index (χ2v) is 5.44. The summed E-state index contributed by atoms with van der Waals surface area (Å²) in [4.78, 5) is 6.67. The van der Waals surface area contributed by atoms with Gasteiger partial charge >= 0.3 is 0 Å². The number of anilines is 2. The van der Waals surface area contributed by atoms with E-state index in [4.69, 9.17) is 5.73 Å². The number of pyridine rings is 1. The number of hydrogen-bond donors (Lipinski definition) is 1. The third-order valence-electron chi connectivity index (χ3n) is 3.92. The molecule has 1 saturated heterocycles. The maximum Gasteiger partial charge on any atom is 0.0451 e. The number of nitrogens with zero attached hydrogens (tertiary/aromatic N) is 2. The molecule has 94 valence electrons. The molecule has 3 nitrogen and oxygen atoms in total. The summed E-state index contributed by atoms with van der Waals surface area (Å²) < 4.78 is 0. The van der Waals surface area contributed by atoms with Gasteiger partial charge in [-0.2, -0.15) is 0 Å². The van der Waals surface area contributed by atoms with Crippen LogP contribution in [0.3, 0.4) is 0 Å². The van der Waals surface area contributed by atoms with Crippen LogP contribution < -0.4 is 10.6 Å². The van der Waals surface area contributed by atoms with Gasteiger partial charge in [0.2, 0.25) is 0 Å². The molecular formula is C15H19N3. The summed E-state index contributed by atoms with van der Waals surface area (Å²) in [5, 5.41) is 2.27. The van der Waals surface area contributed by atoms with Crippen molar-refractivity contribution in [3.05, 3.63) is 30.6 Å². The molecule has 3 rings (SSSR count). The molecule has 2 N–H and O–H groups in total. The number of aromatic nitrogens is 1. The summed E-state index contributed by atoms with van der Waals surface area (Å²) in [5.41, 5.74) is 8.12. The lowest BCUT2D eigenvalue weighted by Crippen LogP contribution is -2.26. The van der Waals surface area contributed by atoms with Crippen LogP contribution in [0.15, 0.2) is 30.6 Å². The van der Waals surface area contributed by atoms with Crippen LogP contribution in [0.4, 0.5) is 11.4 Å². The quantitative estimate of drug-likeness (QED) is 0.780. The van der Waals surface area contributed by atoms with E-state index in [0.29, 0.717) is 6.04 Å². The smallest absolute Gasteiger partial charge is 0.0451 e. The molecule has 2 atom stereocenters. The zero-order valence-corrected chi connectivity index (χ0v) is 10.9. The standard InChI is InChI=1S/C15H19N3/c1-10-7-11(2)18(9-10)15-4-3-14(16)13-8-17-6-5-12(13)15/h3-6,8,10-11H,7,9,16H2,1-2H3. The van der Waals surface area contributed by atoms with Crippen LogP contribution in [0, 0.1) is 5.92 Å². The Labute approximate surface area is 108 Å². The minimum Gasteiger partial charge on any atom is -0.398 e. The molecule has 2 aromatic rings. The molecule has 18 heavy (non-hydrogen) atoms. The Balaban J connectivity index is 2.15. The van der Waals surface area contributed by atoms with E-state index < -0.39 is 0 Å². The van der Waals surface area contributed by atoms with E-state index in [0.717, 1.165) is 23.5 Å². The first-order valence-electron chi connectivity index (χ1n) is 6.55. The average molecular weight is 241 g/mol. The van der Waals surface area contributed by atoms with E-state index in [9.17, 15) is 0 Å². The van der Waals surface area contributed by atoms with Gasteiger partial charge in [-0.3, -0.25) is 4.98 Å². The van der Waals surface area contributed by atoms with Gasteiger partial charge in [-0.05, 0) is 37.5 Å². The van der Waals surface area contributed by atoms with Crippen molar-refractivity contribution in [1.82, 2.24) is 4.98 Å². The molecule has 0 bridgehead atoms. The Morgan fingerprint density at radius 3 is 2.78 bits per heavy atom. The topological polar surface area (TPSA) is 42.1 Å². The van der Waals surface area contributed by atoms with E-state index in [1.165, 1.54) is 17.5 Å². The number of rotatable bonds is 1. The normalized spacial score (nSPS) is 23.8. The number of nitrogens with two attached hydrogens (primary N) is 1. The molecule has 0 saturated carbocycles. The zero-order chi connectivity index (χ0) is 12.7.